The van der Waals surface area contributed by atoms with Crippen LogP contribution in [0.5, 0.6) is 0 Å². The Labute approximate surface area is 161 Å². The number of hydrogen-bond donors (Lipinski definition) is 1. The molecule has 28 heavy (non-hydrogen) atoms. The van der Waals surface area contributed by atoms with E-state index in [1.165, 1.54) is 12.1 Å². The van der Waals surface area contributed by atoms with Crippen LogP contribution in [0.3, 0.4) is 0 Å². The van der Waals surface area contributed by atoms with Gasteiger partial charge in [0.05, 0.1) is 23.9 Å². The lowest BCUT2D eigenvalue weighted by Gasteiger charge is -2.23. The summed E-state index contributed by atoms with van der Waals surface area (Å²) in [6.07, 6.45) is 2.30. The van der Waals surface area contributed by atoms with Crippen molar-refractivity contribution >= 4 is 18.0 Å². The van der Waals surface area contributed by atoms with E-state index in [4.69, 9.17) is 4.74 Å². The summed E-state index contributed by atoms with van der Waals surface area (Å²) in [6.45, 7) is 3.82. The van der Waals surface area contributed by atoms with Gasteiger partial charge in [-0.1, -0.05) is 19.9 Å². The Morgan fingerprint density at radius 2 is 2.00 bits per heavy atom. The molecule has 0 radical (unpaired) electrons. The van der Waals surface area contributed by atoms with Crippen molar-refractivity contribution < 1.29 is 19.0 Å². The highest BCUT2D eigenvalue weighted by atomic mass is 19.1. The average molecular weight is 385 g/mol. The summed E-state index contributed by atoms with van der Waals surface area (Å²) >= 11 is 0. The minimum Gasteiger partial charge on any atom is -0.458 e. The number of cyclic esters (lactones) is 1. The zero-order valence-electron chi connectivity index (χ0n) is 15.5. The number of nitroso groups, excluding NO2 is 1. The highest BCUT2D eigenvalue weighted by Gasteiger charge is 2.26. The van der Waals surface area contributed by atoms with Crippen molar-refractivity contribution in [2.75, 3.05) is 0 Å². The van der Waals surface area contributed by atoms with Crippen LogP contribution in [0.4, 0.5) is 10.3 Å². The molecular weight excluding hydrogens is 365 g/mol. The Bertz CT molecular complexity index is 912. The first-order valence-corrected chi connectivity index (χ1v) is 8.94. The molecule has 3 rings (SSSR count). The van der Waals surface area contributed by atoms with Gasteiger partial charge < -0.3 is 9.84 Å². The number of ether oxygens (including phenoxy) is 1. The lowest BCUT2D eigenvalue weighted by atomic mass is 9.97. The molecule has 0 saturated carbocycles. The molecule has 8 heteroatoms. The van der Waals surface area contributed by atoms with E-state index in [1.807, 2.05) is 13.8 Å². The summed E-state index contributed by atoms with van der Waals surface area (Å²) in [5.41, 5.74) is 2.22. The van der Waals surface area contributed by atoms with Crippen LogP contribution in [-0.2, 0) is 9.53 Å². The Morgan fingerprint density at radius 1 is 1.29 bits per heavy atom. The maximum absolute atomic E-state index is 13.3. The standard InChI is InChI=1S/C20H20FN3O4/c1-11(2)18-16(8-7-15-9-14(25)10-17(26)28-15)19(23-20(22-18)24-27)12-3-5-13(21)6-4-12/h3-8,11,14-15,25H,9-10H2,1-2H3/b8-7+/t14-,15-/m1/s1. The molecule has 0 unspecified atom stereocenters. The molecule has 1 aliphatic rings. The van der Waals surface area contributed by atoms with Crippen LogP contribution < -0.4 is 0 Å². The van der Waals surface area contributed by atoms with Crippen molar-refractivity contribution in [1.29, 1.82) is 0 Å². The van der Waals surface area contributed by atoms with E-state index < -0.39 is 24.0 Å². The molecule has 2 aromatic rings. The van der Waals surface area contributed by atoms with Crippen LogP contribution in [0, 0.1) is 10.7 Å². The van der Waals surface area contributed by atoms with Gasteiger partial charge in [-0.2, -0.15) is 0 Å². The number of carbonyl (C=O) groups is 1. The summed E-state index contributed by atoms with van der Waals surface area (Å²) in [6, 6.07) is 5.71. The number of aliphatic hydroxyl groups excluding tert-OH is 1. The fourth-order valence-corrected chi connectivity index (χ4v) is 3.08. The molecule has 1 aromatic heterocycles. The molecule has 0 amide bonds. The molecular formula is C20H20FN3O4. The number of aromatic nitrogens is 2. The van der Waals surface area contributed by atoms with E-state index in [0.29, 0.717) is 28.9 Å². The van der Waals surface area contributed by atoms with Crippen LogP contribution in [0.25, 0.3) is 17.3 Å². The van der Waals surface area contributed by atoms with Gasteiger partial charge in [-0.15, -0.1) is 4.91 Å². The molecule has 1 aromatic carbocycles. The van der Waals surface area contributed by atoms with Crippen molar-refractivity contribution in [1.82, 2.24) is 9.97 Å². The summed E-state index contributed by atoms with van der Waals surface area (Å²) in [5, 5.41) is 12.6. The number of nitrogens with zero attached hydrogens (tertiary/aromatic N) is 3. The third kappa shape index (κ3) is 4.45. The van der Waals surface area contributed by atoms with E-state index >= 15 is 0 Å². The van der Waals surface area contributed by atoms with Crippen LogP contribution in [-0.4, -0.2) is 33.3 Å². The highest BCUT2D eigenvalue weighted by Crippen LogP contribution is 2.31. The lowest BCUT2D eigenvalue weighted by molar-refractivity contribution is -0.156. The van der Waals surface area contributed by atoms with Gasteiger partial charge in [0, 0.05) is 22.7 Å². The number of hydrogen-bond acceptors (Lipinski definition) is 7. The Kier molecular flexibility index (Phi) is 5.89. The average Bonchev–Trinajstić information content (AvgIpc) is 2.65. The number of carbonyl (C=O) groups excluding carboxylic acids is 1. The number of benzene rings is 1. The van der Waals surface area contributed by atoms with Gasteiger partial charge in [-0.3, -0.25) is 4.79 Å². The van der Waals surface area contributed by atoms with Gasteiger partial charge in [0.2, 0.25) is 0 Å². The van der Waals surface area contributed by atoms with Crippen molar-refractivity contribution in [2.45, 2.75) is 44.8 Å². The second-order valence-electron chi connectivity index (χ2n) is 6.91. The van der Waals surface area contributed by atoms with Gasteiger partial charge in [0.25, 0.3) is 5.95 Å². The number of aliphatic hydroxyl groups is 1. The normalized spacial score (nSPS) is 19.8. The predicted octanol–water partition coefficient (Wildman–Crippen LogP) is 3.88. The van der Waals surface area contributed by atoms with Crippen LogP contribution in [0.2, 0.25) is 0 Å². The van der Waals surface area contributed by atoms with Gasteiger partial charge in [-0.25, -0.2) is 14.4 Å². The second-order valence-corrected chi connectivity index (χ2v) is 6.91. The first-order chi connectivity index (χ1) is 13.4. The van der Waals surface area contributed by atoms with Crippen LogP contribution in [0.15, 0.2) is 35.5 Å². The molecule has 7 nitrogen and oxygen atoms in total. The molecule has 0 spiro atoms. The monoisotopic (exact) mass is 385 g/mol. The summed E-state index contributed by atoms with van der Waals surface area (Å²) in [7, 11) is 0. The smallest absolute Gasteiger partial charge is 0.309 e. The molecule has 0 aliphatic carbocycles. The quantitative estimate of drug-likeness (QED) is 0.619. The zero-order valence-corrected chi connectivity index (χ0v) is 15.5. The van der Waals surface area contributed by atoms with Gasteiger partial charge in [0.15, 0.2) is 0 Å². The minimum absolute atomic E-state index is 0.0226. The van der Waals surface area contributed by atoms with Crippen molar-refractivity contribution in [3.63, 3.8) is 0 Å². The third-order valence-corrected chi connectivity index (χ3v) is 4.38. The van der Waals surface area contributed by atoms with Gasteiger partial charge in [0.1, 0.15) is 11.9 Å². The Hall–Kier alpha value is -3.00. The fourth-order valence-electron chi connectivity index (χ4n) is 3.08. The topological polar surface area (TPSA) is 102 Å². The van der Waals surface area contributed by atoms with E-state index in [9.17, 15) is 19.2 Å². The van der Waals surface area contributed by atoms with Crippen LogP contribution in [0.1, 0.15) is 43.9 Å². The molecule has 1 fully saturated rings. The maximum atomic E-state index is 13.3. The molecule has 146 valence electrons. The van der Waals surface area contributed by atoms with Crippen molar-refractivity contribution in [3.8, 4) is 11.3 Å². The lowest BCUT2D eigenvalue weighted by Crippen LogP contribution is -2.31. The zero-order chi connectivity index (χ0) is 20.3. The predicted molar refractivity (Wildman–Crippen MR) is 101 cm³/mol. The molecule has 2 heterocycles. The summed E-state index contributed by atoms with van der Waals surface area (Å²) in [5.74, 6) is -1.12. The highest BCUT2D eigenvalue weighted by molar-refractivity contribution is 5.75. The number of rotatable bonds is 5. The maximum Gasteiger partial charge on any atom is 0.309 e. The Balaban J connectivity index is 2.08. The van der Waals surface area contributed by atoms with Gasteiger partial charge in [-0.05, 0) is 36.3 Å². The first-order valence-electron chi connectivity index (χ1n) is 8.94. The second kappa shape index (κ2) is 8.35. The van der Waals surface area contributed by atoms with E-state index in [0.717, 1.165) is 0 Å². The Morgan fingerprint density at radius 3 is 2.61 bits per heavy atom. The van der Waals surface area contributed by atoms with E-state index in [2.05, 4.69) is 15.1 Å². The number of halogens is 1. The molecule has 1 N–H and O–H groups in total. The minimum atomic E-state index is -0.755. The summed E-state index contributed by atoms with van der Waals surface area (Å²) < 4.78 is 18.6. The first kappa shape index (κ1) is 19.8. The molecule has 1 aliphatic heterocycles. The largest absolute Gasteiger partial charge is 0.458 e. The molecule has 1 saturated heterocycles. The number of esters is 1. The van der Waals surface area contributed by atoms with E-state index in [-0.39, 0.29) is 18.3 Å². The SMILES string of the molecule is CC(C)c1nc(N=O)nc(-c2ccc(F)cc2)c1/C=C/[C@@H]1C[C@@H](O)CC(=O)O1. The molecule has 2 atom stereocenters. The molecule has 0 bridgehead atoms. The van der Waals surface area contributed by atoms with Crippen LogP contribution >= 0.6 is 0 Å². The third-order valence-electron chi connectivity index (χ3n) is 4.38. The fraction of sp³-hybridized carbons (Fsp3) is 0.350. The van der Waals surface area contributed by atoms with Crippen molar-refractivity contribution in [3.05, 3.63) is 52.3 Å². The van der Waals surface area contributed by atoms with E-state index in [1.54, 1.807) is 24.3 Å². The summed E-state index contributed by atoms with van der Waals surface area (Å²) in [4.78, 5) is 31.0. The van der Waals surface area contributed by atoms with Gasteiger partial charge >= 0.3 is 5.97 Å². The van der Waals surface area contributed by atoms with Crippen molar-refractivity contribution in [2.24, 2.45) is 5.18 Å².